The molecule has 8 heteroatoms. The molecule has 0 aliphatic carbocycles. The summed E-state index contributed by atoms with van der Waals surface area (Å²) < 4.78 is 5.33. The van der Waals surface area contributed by atoms with Crippen LogP contribution in [0.4, 0.5) is 5.69 Å². The molecular formula is C17H20N2O5S. The van der Waals surface area contributed by atoms with Crippen molar-refractivity contribution < 1.29 is 24.2 Å². The highest BCUT2D eigenvalue weighted by Crippen LogP contribution is 2.28. The second-order valence-electron chi connectivity index (χ2n) is 6.22. The number of carbonyl (C=O) groups is 3. The third-order valence-corrected chi connectivity index (χ3v) is 5.59. The van der Waals surface area contributed by atoms with Gasteiger partial charge in [-0.15, -0.1) is 0 Å². The Hall–Kier alpha value is -2.06. The van der Waals surface area contributed by atoms with Crippen molar-refractivity contribution in [2.45, 2.75) is 30.9 Å². The van der Waals surface area contributed by atoms with E-state index in [2.05, 4.69) is 10.6 Å². The molecule has 7 nitrogen and oxygen atoms in total. The zero-order chi connectivity index (χ0) is 17.9. The zero-order valence-corrected chi connectivity index (χ0v) is 14.4. The molecule has 0 saturated carbocycles. The number of nitrogens with one attached hydrogen (secondary N) is 2. The summed E-state index contributed by atoms with van der Waals surface area (Å²) in [6.45, 7) is 0.579. The molecular weight excluding hydrogens is 344 g/mol. The van der Waals surface area contributed by atoms with Crippen molar-refractivity contribution in [3.8, 4) is 0 Å². The van der Waals surface area contributed by atoms with Gasteiger partial charge in [0.2, 0.25) is 0 Å². The Morgan fingerprint density at radius 3 is 2.80 bits per heavy atom. The smallest absolute Gasteiger partial charge is 0.330 e. The largest absolute Gasteiger partial charge is 0.479 e. The van der Waals surface area contributed by atoms with E-state index in [1.807, 2.05) is 0 Å². The van der Waals surface area contributed by atoms with Crippen molar-refractivity contribution in [1.29, 1.82) is 0 Å². The summed E-state index contributed by atoms with van der Waals surface area (Å²) in [7, 11) is 0. The van der Waals surface area contributed by atoms with Gasteiger partial charge >= 0.3 is 5.97 Å². The van der Waals surface area contributed by atoms with Crippen LogP contribution >= 0.6 is 11.8 Å². The third-order valence-electron chi connectivity index (χ3n) is 4.40. The molecule has 2 heterocycles. The molecule has 0 spiro atoms. The molecule has 25 heavy (non-hydrogen) atoms. The second-order valence-corrected chi connectivity index (χ2v) is 7.32. The number of amides is 2. The van der Waals surface area contributed by atoms with Crippen molar-refractivity contribution in [2.24, 2.45) is 0 Å². The second kappa shape index (κ2) is 7.45. The summed E-state index contributed by atoms with van der Waals surface area (Å²) in [4.78, 5) is 36.1. The average molecular weight is 364 g/mol. The summed E-state index contributed by atoms with van der Waals surface area (Å²) in [6, 6.07) is 6.47. The van der Waals surface area contributed by atoms with Gasteiger partial charge in [-0.1, -0.05) is 6.07 Å². The molecule has 2 saturated heterocycles. The van der Waals surface area contributed by atoms with Gasteiger partial charge in [0.25, 0.3) is 11.8 Å². The van der Waals surface area contributed by atoms with Gasteiger partial charge in [0.15, 0.2) is 0 Å². The topological polar surface area (TPSA) is 105 Å². The number of carboxylic acid groups (broad SMARTS) is 1. The van der Waals surface area contributed by atoms with Gasteiger partial charge in [-0.3, -0.25) is 9.59 Å². The predicted octanol–water partition coefficient (Wildman–Crippen LogP) is 1.49. The number of thioether (sulfide) groups is 1. The first-order valence-corrected chi connectivity index (χ1v) is 9.32. The van der Waals surface area contributed by atoms with E-state index in [1.54, 1.807) is 24.3 Å². The Morgan fingerprint density at radius 1 is 1.32 bits per heavy atom. The van der Waals surface area contributed by atoms with Crippen LogP contribution in [0.25, 0.3) is 0 Å². The highest BCUT2D eigenvalue weighted by molar-refractivity contribution is 7.99. The van der Waals surface area contributed by atoms with Gasteiger partial charge < -0.3 is 20.5 Å². The van der Waals surface area contributed by atoms with E-state index < -0.39 is 23.5 Å². The van der Waals surface area contributed by atoms with Crippen LogP contribution in [0, 0.1) is 0 Å². The maximum absolute atomic E-state index is 12.5. The summed E-state index contributed by atoms with van der Waals surface area (Å²) in [5.41, 5.74) is -0.431. The van der Waals surface area contributed by atoms with Crippen molar-refractivity contribution in [3.63, 3.8) is 0 Å². The molecule has 3 N–H and O–H groups in total. The van der Waals surface area contributed by atoms with Gasteiger partial charge in [0.05, 0.1) is 0 Å². The zero-order valence-electron chi connectivity index (χ0n) is 13.6. The lowest BCUT2D eigenvalue weighted by Crippen LogP contribution is -2.54. The fourth-order valence-electron chi connectivity index (χ4n) is 2.92. The van der Waals surface area contributed by atoms with E-state index in [0.29, 0.717) is 42.2 Å². The lowest BCUT2D eigenvalue weighted by atomic mass is 9.98. The normalized spacial score (nSPS) is 25.5. The first-order valence-electron chi connectivity index (χ1n) is 8.16. The third kappa shape index (κ3) is 3.96. The monoisotopic (exact) mass is 364 g/mol. The molecule has 2 aliphatic rings. The fraction of sp³-hybridized carbons (Fsp3) is 0.471. The predicted molar refractivity (Wildman–Crippen MR) is 93.8 cm³/mol. The number of aliphatic carboxylic acids is 1. The van der Waals surface area contributed by atoms with E-state index in [9.17, 15) is 19.5 Å². The Bertz CT molecular complexity index is 681. The summed E-state index contributed by atoms with van der Waals surface area (Å²) >= 11 is 1.51. The molecule has 1 aromatic rings. The van der Waals surface area contributed by atoms with Crippen LogP contribution in [0.15, 0.2) is 24.3 Å². The molecule has 1 aromatic carbocycles. The van der Waals surface area contributed by atoms with Gasteiger partial charge in [-0.05, 0) is 43.2 Å². The highest BCUT2D eigenvalue weighted by atomic mass is 32.2. The van der Waals surface area contributed by atoms with Crippen LogP contribution in [0.5, 0.6) is 0 Å². The molecule has 134 valence electrons. The summed E-state index contributed by atoms with van der Waals surface area (Å²) in [5.74, 6) is -0.663. The van der Waals surface area contributed by atoms with Gasteiger partial charge in [0, 0.05) is 23.6 Å². The standard InChI is InChI=1S/C17H20N2O5S/c20-14(19-17(16(22)23)6-8-25-10-17)11-3-1-4-12(9-11)18-15(21)13-5-2-7-24-13/h1,3-4,9,13H,2,5-8,10H2,(H,18,21)(H,19,20)(H,22,23). The fourth-order valence-corrected chi connectivity index (χ4v) is 4.25. The maximum Gasteiger partial charge on any atom is 0.330 e. The van der Waals surface area contributed by atoms with E-state index in [4.69, 9.17) is 4.74 Å². The Morgan fingerprint density at radius 2 is 2.16 bits per heavy atom. The molecule has 2 atom stereocenters. The Labute approximate surface area is 149 Å². The number of carboxylic acids is 1. The number of rotatable bonds is 5. The Kier molecular flexibility index (Phi) is 5.29. The Balaban J connectivity index is 1.69. The van der Waals surface area contributed by atoms with E-state index in [0.717, 1.165) is 6.42 Å². The number of ether oxygens (including phenoxy) is 1. The summed E-state index contributed by atoms with van der Waals surface area (Å²) in [5, 5.41) is 14.8. The van der Waals surface area contributed by atoms with Crippen molar-refractivity contribution in [2.75, 3.05) is 23.4 Å². The molecule has 0 bridgehead atoms. The van der Waals surface area contributed by atoms with E-state index in [-0.39, 0.29) is 5.91 Å². The van der Waals surface area contributed by atoms with Crippen LogP contribution in [0.3, 0.4) is 0 Å². The maximum atomic E-state index is 12.5. The summed E-state index contributed by atoms with van der Waals surface area (Å²) in [6.07, 6.45) is 1.48. The minimum atomic E-state index is -1.22. The van der Waals surface area contributed by atoms with E-state index >= 15 is 0 Å². The molecule has 2 fully saturated rings. The minimum Gasteiger partial charge on any atom is -0.479 e. The van der Waals surface area contributed by atoms with Crippen LogP contribution in [0.2, 0.25) is 0 Å². The first kappa shape index (κ1) is 17.8. The SMILES string of the molecule is O=C(NC1(C(=O)O)CCSC1)c1cccc(NC(=O)C2CCCO2)c1. The number of hydrogen-bond donors (Lipinski definition) is 3. The average Bonchev–Trinajstić information content (AvgIpc) is 3.27. The number of anilines is 1. The number of hydrogen-bond acceptors (Lipinski definition) is 5. The van der Waals surface area contributed by atoms with Crippen molar-refractivity contribution in [1.82, 2.24) is 5.32 Å². The van der Waals surface area contributed by atoms with Crippen LogP contribution in [0.1, 0.15) is 29.6 Å². The number of benzene rings is 1. The quantitative estimate of drug-likeness (QED) is 0.731. The molecule has 2 aliphatic heterocycles. The van der Waals surface area contributed by atoms with Crippen LogP contribution in [-0.2, 0) is 14.3 Å². The number of carbonyl (C=O) groups excluding carboxylic acids is 2. The lowest BCUT2D eigenvalue weighted by molar-refractivity contribution is -0.143. The molecule has 2 amide bonds. The molecule has 2 unspecified atom stereocenters. The van der Waals surface area contributed by atoms with Gasteiger partial charge in [-0.2, -0.15) is 11.8 Å². The van der Waals surface area contributed by atoms with Crippen molar-refractivity contribution in [3.05, 3.63) is 29.8 Å². The highest BCUT2D eigenvalue weighted by Gasteiger charge is 2.43. The minimum absolute atomic E-state index is 0.232. The molecule has 0 aromatic heterocycles. The first-order chi connectivity index (χ1) is 12.0. The van der Waals surface area contributed by atoms with Crippen LogP contribution in [-0.4, -0.2) is 52.6 Å². The molecule has 3 rings (SSSR count). The van der Waals surface area contributed by atoms with Gasteiger partial charge in [-0.25, -0.2) is 4.79 Å². The molecule has 0 radical (unpaired) electrons. The van der Waals surface area contributed by atoms with E-state index in [1.165, 1.54) is 11.8 Å². The van der Waals surface area contributed by atoms with Crippen LogP contribution < -0.4 is 10.6 Å². The van der Waals surface area contributed by atoms with Gasteiger partial charge in [0.1, 0.15) is 11.6 Å². The van der Waals surface area contributed by atoms with Crippen molar-refractivity contribution >= 4 is 35.2 Å². The lowest BCUT2D eigenvalue weighted by Gasteiger charge is -2.24.